The van der Waals surface area contributed by atoms with Gasteiger partial charge in [-0.1, -0.05) is 0 Å². The van der Waals surface area contributed by atoms with E-state index in [2.05, 4.69) is 68.7 Å². The van der Waals surface area contributed by atoms with Crippen LogP contribution in [0.3, 0.4) is 0 Å². The number of aliphatic carboxylic acids is 1. The molecule has 6 heterocycles. The molecule has 0 saturated heterocycles. The van der Waals surface area contributed by atoms with Gasteiger partial charge in [-0.25, -0.2) is 24.1 Å². The first-order chi connectivity index (χ1) is 29.7. The van der Waals surface area contributed by atoms with Gasteiger partial charge in [0.1, 0.15) is 34.5 Å². The third kappa shape index (κ3) is 10.8. The molecule has 0 fully saturated rings. The number of likely N-dealkylation sites (N-methyl/N-ethyl adjacent to an activating group) is 1. The number of fused-ring (bicyclic) bond motifs is 2. The van der Waals surface area contributed by atoms with E-state index in [9.17, 15) is 13.2 Å². The Bertz CT molecular complexity index is 2510. The lowest BCUT2D eigenvalue weighted by Crippen LogP contribution is -2.27. The molecular weight excluding hydrogens is 810 g/mol. The minimum atomic E-state index is -5.08. The first-order valence-electron chi connectivity index (χ1n) is 19.5. The van der Waals surface area contributed by atoms with Crippen LogP contribution in [0.15, 0.2) is 60.9 Å². The molecule has 8 rings (SSSR count). The number of hydrogen-bond acceptors (Lipinski definition) is 15. The number of halogens is 3. The summed E-state index contributed by atoms with van der Waals surface area (Å²) in [5, 5.41) is 32.4. The Morgan fingerprint density at radius 2 is 1.24 bits per heavy atom. The van der Waals surface area contributed by atoms with Gasteiger partial charge in [0.15, 0.2) is 0 Å². The number of nitrogens with zero attached hydrogens (tertiary/aromatic N) is 9. The normalized spacial score (nSPS) is 13.3. The number of benzene rings is 2. The molecule has 2 aromatic carbocycles. The molecule has 0 amide bonds. The SMILES string of the molecule is CNc1cc(C)nc(Nc2ccc(OC)c(-n3ncc4c3CCN(C)C4)c2)n1.CNc1cc(C)nc(Nc2ccc(OC)c(-n3ncc4c3CCNC4)c2)n1.O=C(O)C(F)(F)F. The molecule has 0 unspecified atom stereocenters. The number of rotatable bonds is 10. The molecule has 62 heavy (non-hydrogen) atoms. The van der Waals surface area contributed by atoms with Crippen molar-refractivity contribution >= 4 is 40.9 Å². The van der Waals surface area contributed by atoms with Crippen LogP contribution < -0.4 is 36.1 Å². The van der Waals surface area contributed by atoms with Gasteiger partial charge < -0.3 is 46.1 Å². The van der Waals surface area contributed by atoms with E-state index < -0.39 is 12.1 Å². The van der Waals surface area contributed by atoms with Gasteiger partial charge >= 0.3 is 12.1 Å². The van der Waals surface area contributed by atoms with Crippen molar-refractivity contribution in [3.05, 3.63) is 94.8 Å². The molecular formula is C41H49F3N14O4. The standard InChI is InChI=1S/C20H25N7O.C19H23N7O.C2HF3O2/c1-13-9-19(21-2)25-20(23-13)24-15-5-6-18(28-4)17(10-15)27-16-7-8-26(3)12-14(16)11-22-27;1-12-8-18(20-2)25-19(23-12)24-14-4-5-17(27-3)16(9-14)26-15-6-7-21-10-13(15)11-22-26;3-2(4,5)1(6)7/h5-6,9-11H,7-8,12H2,1-4H3,(H2,21,23,24,25);4-5,8-9,11,21H,6-7,10H2,1-3H3,(H2,20,23,24,25);(H,6,7). The number of alkyl halides is 3. The van der Waals surface area contributed by atoms with Crippen LogP contribution in [-0.2, 0) is 30.7 Å². The summed E-state index contributed by atoms with van der Waals surface area (Å²) in [6.45, 7) is 7.61. The molecule has 6 N–H and O–H groups in total. The average molecular weight is 859 g/mol. The Balaban J connectivity index is 0.000000180. The van der Waals surface area contributed by atoms with Gasteiger partial charge in [-0.05, 0) is 57.3 Å². The summed E-state index contributed by atoms with van der Waals surface area (Å²) in [5.74, 6) is 1.42. The van der Waals surface area contributed by atoms with E-state index in [0.717, 1.165) is 96.3 Å². The van der Waals surface area contributed by atoms with E-state index in [1.54, 1.807) is 14.2 Å². The van der Waals surface area contributed by atoms with Crippen LogP contribution >= 0.6 is 0 Å². The van der Waals surface area contributed by atoms with Crippen molar-refractivity contribution in [2.45, 2.75) is 46.0 Å². The van der Waals surface area contributed by atoms with Crippen LogP contribution in [0.4, 0.5) is 48.1 Å². The Morgan fingerprint density at radius 1 is 0.758 bits per heavy atom. The van der Waals surface area contributed by atoms with Gasteiger partial charge in [-0.2, -0.15) is 33.3 Å². The lowest BCUT2D eigenvalue weighted by molar-refractivity contribution is -0.192. The van der Waals surface area contributed by atoms with Gasteiger partial charge in [0.25, 0.3) is 0 Å². The van der Waals surface area contributed by atoms with E-state index in [1.165, 1.54) is 22.5 Å². The van der Waals surface area contributed by atoms with Crippen molar-refractivity contribution in [1.29, 1.82) is 0 Å². The molecule has 0 saturated carbocycles. The van der Waals surface area contributed by atoms with Gasteiger partial charge in [0.2, 0.25) is 11.9 Å². The van der Waals surface area contributed by atoms with E-state index in [1.807, 2.05) is 98.2 Å². The molecule has 328 valence electrons. The van der Waals surface area contributed by atoms with E-state index in [-0.39, 0.29) is 0 Å². The second-order valence-electron chi connectivity index (χ2n) is 14.2. The summed E-state index contributed by atoms with van der Waals surface area (Å²) in [4.78, 5) is 29.1. The second kappa shape index (κ2) is 19.6. The van der Waals surface area contributed by atoms with Crippen molar-refractivity contribution < 1.29 is 32.5 Å². The molecule has 21 heteroatoms. The molecule has 0 atom stereocenters. The van der Waals surface area contributed by atoms with E-state index in [4.69, 9.17) is 19.4 Å². The highest BCUT2D eigenvalue weighted by Gasteiger charge is 2.38. The van der Waals surface area contributed by atoms with Gasteiger partial charge in [0, 0.05) is 99.1 Å². The molecule has 2 aliphatic heterocycles. The molecule has 0 spiro atoms. The fourth-order valence-corrected chi connectivity index (χ4v) is 6.77. The number of nitrogens with one attached hydrogen (secondary N) is 5. The van der Waals surface area contributed by atoms with Gasteiger partial charge in [0.05, 0.1) is 38.0 Å². The summed E-state index contributed by atoms with van der Waals surface area (Å²) < 4.78 is 46.9. The van der Waals surface area contributed by atoms with Gasteiger partial charge in [-0.3, -0.25) is 0 Å². The zero-order valence-electron chi connectivity index (χ0n) is 35.3. The van der Waals surface area contributed by atoms with E-state index in [0.29, 0.717) is 11.9 Å². The predicted octanol–water partition coefficient (Wildman–Crippen LogP) is 5.80. The Labute approximate surface area is 355 Å². The summed E-state index contributed by atoms with van der Waals surface area (Å²) in [7, 11) is 9.17. The van der Waals surface area contributed by atoms with Crippen LogP contribution in [0.25, 0.3) is 11.4 Å². The largest absolute Gasteiger partial charge is 0.494 e. The maximum absolute atomic E-state index is 10.6. The topological polar surface area (TPSA) is 206 Å². The van der Waals surface area contributed by atoms with Crippen molar-refractivity contribution in [2.75, 3.05) is 69.7 Å². The maximum atomic E-state index is 10.6. The van der Waals surface area contributed by atoms with Crippen molar-refractivity contribution in [2.24, 2.45) is 0 Å². The van der Waals surface area contributed by atoms with Crippen molar-refractivity contribution in [3.8, 4) is 22.9 Å². The Morgan fingerprint density at radius 3 is 1.71 bits per heavy atom. The maximum Gasteiger partial charge on any atom is 0.490 e. The molecule has 0 radical (unpaired) electrons. The molecule has 4 aromatic heterocycles. The molecule has 0 bridgehead atoms. The minimum absolute atomic E-state index is 0.544. The van der Waals surface area contributed by atoms with Crippen LogP contribution in [0, 0.1) is 13.8 Å². The first kappa shape index (κ1) is 44.5. The van der Waals surface area contributed by atoms with Crippen LogP contribution in [0.1, 0.15) is 33.9 Å². The van der Waals surface area contributed by atoms with Crippen molar-refractivity contribution in [3.63, 3.8) is 0 Å². The number of methoxy groups -OCH3 is 2. The number of carbonyl (C=O) groups is 1. The zero-order valence-corrected chi connectivity index (χ0v) is 35.3. The fraction of sp³-hybridized carbons (Fsp3) is 0.341. The first-order valence-corrected chi connectivity index (χ1v) is 19.5. The number of aromatic nitrogens is 8. The monoisotopic (exact) mass is 858 g/mol. The third-order valence-electron chi connectivity index (χ3n) is 9.72. The Kier molecular flexibility index (Phi) is 14.1. The summed E-state index contributed by atoms with van der Waals surface area (Å²) in [6, 6.07) is 15.6. The Hall–Kier alpha value is -7.00. The highest BCUT2D eigenvalue weighted by molar-refractivity contribution is 5.73. The number of carboxylic acids is 1. The van der Waals surface area contributed by atoms with Crippen LogP contribution in [0.2, 0.25) is 0 Å². The van der Waals surface area contributed by atoms with E-state index >= 15 is 0 Å². The average Bonchev–Trinajstić information content (AvgIpc) is 3.87. The second-order valence-corrected chi connectivity index (χ2v) is 14.2. The van der Waals surface area contributed by atoms with Crippen molar-refractivity contribution in [1.82, 2.24) is 49.7 Å². The number of anilines is 6. The lowest BCUT2D eigenvalue weighted by Gasteiger charge is -2.23. The highest BCUT2D eigenvalue weighted by atomic mass is 19.4. The predicted molar refractivity (Wildman–Crippen MR) is 229 cm³/mol. The van der Waals surface area contributed by atoms with Crippen LogP contribution in [-0.4, -0.2) is 110 Å². The summed E-state index contributed by atoms with van der Waals surface area (Å²) in [5.41, 5.74) is 10.3. The molecule has 0 aliphatic carbocycles. The summed E-state index contributed by atoms with van der Waals surface area (Å²) in [6.07, 6.45) is 0.680. The minimum Gasteiger partial charge on any atom is -0.494 e. The number of aryl methyl sites for hydroxylation is 2. The zero-order chi connectivity index (χ0) is 44.6. The molecule has 18 nitrogen and oxygen atoms in total. The van der Waals surface area contributed by atoms with Crippen LogP contribution in [0.5, 0.6) is 11.5 Å². The molecule has 2 aliphatic rings. The number of ether oxygens (including phenoxy) is 2. The summed E-state index contributed by atoms with van der Waals surface area (Å²) >= 11 is 0. The highest BCUT2D eigenvalue weighted by Crippen LogP contribution is 2.32. The van der Waals surface area contributed by atoms with Gasteiger partial charge in [-0.15, -0.1) is 0 Å². The number of hydrogen-bond donors (Lipinski definition) is 6. The quantitative estimate of drug-likeness (QED) is 0.0964. The smallest absolute Gasteiger partial charge is 0.490 e. The fourth-order valence-electron chi connectivity index (χ4n) is 6.77. The third-order valence-corrected chi connectivity index (χ3v) is 9.72. The number of carboxylic acid groups (broad SMARTS) is 1. The lowest BCUT2D eigenvalue weighted by atomic mass is 10.1. The molecule has 6 aromatic rings.